The van der Waals surface area contributed by atoms with E-state index in [4.69, 9.17) is 18.0 Å². The first-order valence-electron chi connectivity index (χ1n) is 4.01. The number of hydrogen-bond donors (Lipinski definition) is 1. The van der Waals surface area contributed by atoms with Gasteiger partial charge in [0.25, 0.3) is 0 Å². The van der Waals surface area contributed by atoms with E-state index in [0.29, 0.717) is 5.82 Å². The number of hydrogen-bond acceptors (Lipinski definition) is 3. The molecule has 0 amide bonds. The average molecular weight is 207 g/mol. The number of imidazole rings is 2. The molecule has 2 heterocycles. The molecule has 0 spiro atoms. The van der Waals surface area contributed by atoms with Crippen LogP contribution in [0.4, 0.5) is 0 Å². The Labute approximate surface area is 86.2 Å². The molecule has 2 aromatic heterocycles. The van der Waals surface area contributed by atoms with Gasteiger partial charge in [0.2, 0.25) is 5.95 Å². The van der Waals surface area contributed by atoms with Gasteiger partial charge >= 0.3 is 0 Å². The quantitative estimate of drug-likeness (QED) is 0.717. The molecule has 0 aliphatic rings. The smallest absolute Gasteiger partial charge is 0.215 e. The summed E-state index contributed by atoms with van der Waals surface area (Å²) in [6, 6.07) is 0. The van der Waals surface area contributed by atoms with Gasteiger partial charge in [0.15, 0.2) is 5.82 Å². The Kier molecular flexibility index (Phi) is 2.05. The lowest BCUT2D eigenvalue weighted by Crippen LogP contribution is -2.17. The van der Waals surface area contributed by atoms with Crippen molar-refractivity contribution in [3.8, 4) is 5.95 Å². The van der Waals surface area contributed by atoms with Crippen LogP contribution in [0, 0.1) is 0 Å². The van der Waals surface area contributed by atoms with Crippen LogP contribution in [0.2, 0.25) is 0 Å². The molecule has 72 valence electrons. The van der Waals surface area contributed by atoms with Crippen LogP contribution in [0.15, 0.2) is 24.8 Å². The molecule has 0 aliphatic heterocycles. The molecule has 2 rings (SSSR count). The third-order valence-corrected chi connectivity index (χ3v) is 2.05. The van der Waals surface area contributed by atoms with Crippen LogP contribution in [0.25, 0.3) is 5.95 Å². The molecule has 5 nitrogen and oxygen atoms in total. The molecule has 0 bridgehead atoms. The Morgan fingerprint density at radius 2 is 2.07 bits per heavy atom. The molecule has 2 aromatic rings. The third-order valence-electron chi connectivity index (χ3n) is 1.87. The molecule has 0 radical (unpaired) electrons. The van der Waals surface area contributed by atoms with Gasteiger partial charge in [-0.1, -0.05) is 12.2 Å². The van der Waals surface area contributed by atoms with Crippen molar-refractivity contribution in [1.82, 2.24) is 19.1 Å². The highest BCUT2D eigenvalue weighted by Crippen LogP contribution is 2.06. The van der Waals surface area contributed by atoms with Gasteiger partial charge in [0.05, 0.1) is 0 Å². The van der Waals surface area contributed by atoms with Crippen molar-refractivity contribution in [1.29, 1.82) is 0 Å². The minimum atomic E-state index is 0.262. The highest BCUT2D eigenvalue weighted by molar-refractivity contribution is 7.80. The Morgan fingerprint density at radius 1 is 1.36 bits per heavy atom. The first-order valence-corrected chi connectivity index (χ1v) is 4.42. The summed E-state index contributed by atoms with van der Waals surface area (Å²) >= 11 is 4.88. The maximum atomic E-state index is 5.53. The summed E-state index contributed by atoms with van der Waals surface area (Å²) < 4.78 is 3.62. The van der Waals surface area contributed by atoms with Gasteiger partial charge in [-0.05, 0) is 0 Å². The van der Waals surface area contributed by atoms with Gasteiger partial charge in [-0.25, -0.2) is 9.97 Å². The average Bonchev–Trinajstić information content (AvgIpc) is 2.70. The van der Waals surface area contributed by atoms with Crippen LogP contribution in [-0.2, 0) is 7.05 Å². The molecule has 0 aliphatic carbocycles. The highest BCUT2D eigenvalue weighted by Gasteiger charge is 2.09. The molecule has 0 atom stereocenters. The Hall–Kier alpha value is -1.69. The first kappa shape index (κ1) is 8.89. The van der Waals surface area contributed by atoms with Crippen LogP contribution in [0.5, 0.6) is 0 Å². The topological polar surface area (TPSA) is 61.7 Å². The second-order valence-electron chi connectivity index (χ2n) is 2.82. The van der Waals surface area contributed by atoms with Crippen molar-refractivity contribution in [2.75, 3.05) is 0 Å². The monoisotopic (exact) mass is 207 g/mol. The zero-order valence-electron chi connectivity index (χ0n) is 7.58. The predicted molar refractivity (Wildman–Crippen MR) is 56.2 cm³/mol. The van der Waals surface area contributed by atoms with Gasteiger partial charge in [0, 0.05) is 31.8 Å². The number of nitrogens with zero attached hydrogens (tertiary/aromatic N) is 4. The fourth-order valence-electron chi connectivity index (χ4n) is 1.24. The summed E-state index contributed by atoms with van der Waals surface area (Å²) in [6.45, 7) is 0. The fourth-order valence-corrected chi connectivity index (χ4v) is 1.39. The summed E-state index contributed by atoms with van der Waals surface area (Å²) in [5.74, 6) is 1.29. The van der Waals surface area contributed by atoms with E-state index >= 15 is 0 Å². The van der Waals surface area contributed by atoms with E-state index in [9.17, 15) is 0 Å². The van der Waals surface area contributed by atoms with Crippen molar-refractivity contribution in [2.24, 2.45) is 12.8 Å². The van der Waals surface area contributed by atoms with Crippen molar-refractivity contribution in [3.63, 3.8) is 0 Å². The van der Waals surface area contributed by atoms with E-state index in [1.165, 1.54) is 0 Å². The molecule has 0 fully saturated rings. The van der Waals surface area contributed by atoms with Gasteiger partial charge in [-0.3, -0.25) is 4.57 Å². The number of aromatic nitrogens is 4. The summed E-state index contributed by atoms with van der Waals surface area (Å²) in [5.41, 5.74) is 5.53. The fraction of sp³-hybridized carbons (Fsp3) is 0.125. The molecule has 14 heavy (non-hydrogen) atoms. The molecule has 6 heteroatoms. The lowest BCUT2D eigenvalue weighted by Gasteiger charge is -2.05. The van der Waals surface area contributed by atoms with E-state index in [1.807, 2.05) is 17.8 Å². The van der Waals surface area contributed by atoms with E-state index in [-0.39, 0.29) is 4.99 Å². The third kappa shape index (κ3) is 1.29. The summed E-state index contributed by atoms with van der Waals surface area (Å²) in [5, 5.41) is 0. The van der Waals surface area contributed by atoms with Crippen LogP contribution < -0.4 is 5.73 Å². The number of nitrogens with two attached hydrogens (primary N) is 1. The van der Waals surface area contributed by atoms with Crippen LogP contribution in [0.1, 0.15) is 5.82 Å². The second kappa shape index (κ2) is 3.22. The van der Waals surface area contributed by atoms with E-state index in [2.05, 4.69) is 9.97 Å². The largest absolute Gasteiger partial charge is 0.387 e. The zero-order chi connectivity index (χ0) is 10.1. The summed E-state index contributed by atoms with van der Waals surface area (Å²) in [4.78, 5) is 8.49. The first-order chi connectivity index (χ1) is 6.70. The second-order valence-corrected chi connectivity index (χ2v) is 3.26. The molecule has 0 saturated carbocycles. The van der Waals surface area contributed by atoms with E-state index in [1.54, 1.807) is 23.2 Å². The number of thiocarbonyl (C=S) groups is 1. The van der Waals surface area contributed by atoms with Crippen molar-refractivity contribution in [3.05, 3.63) is 30.6 Å². The van der Waals surface area contributed by atoms with Gasteiger partial charge < -0.3 is 10.3 Å². The number of aryl methyl sites for hydroxylation is 1. The van der Waals surface area contributed by atoms with E-state index in [0.717, 1.165) is 5.95 Å². The summed E-state index contributed by atoms with van der Waals surface area (Å²) in [7, 11) is 1.89. The van der Waals surface area contributed by atoms with Crippen LogP contribution in [0.3, 0.4) is 0 Å². The summed E-state index contributed by atoms with van der Waals surface area (Å²) in [6.07, 6.45) is 6.97. The Balaban J connectivity index is 2.57. The lowest BCUT2D eigenvalue weighted by atomic mass is 10.6. The van der Waals surface area contributed by atoms with Crippen LogP contribution in [-0.4, -0.2) is 24.1 Å². The van der Waals surface area contributed by atoms with Gasteiger partial charge in [0.1, 0.15) is 4.99 Å². The van der Waals surface area contributed by atoms with E-state index < -0.39 is 0 Å². The minimum absolute atomic E-state index is 0.262. The SMILES string of the molecule is Cn1ccnc1-n1ccnc1C(N)=S. The van der Waals surface area contributed by atoms with Crippen molar-refractivity contribution >= 4 is 17.2 Å². The molecular formula is C8H9N5S. The zero-order valence-corrected chi connectivity index (χ0v) is 8.40. The molecule has 0 unspecified atom stereocenters. The lowest BCUT2D eigenvalue weighted by molar-refractivity contribution is 0.813. The minimum Gasteiger partial charge on any atom is -0.387 e. The Bertz CT molecular complexity index is 470. The van der Waals surface area contributed by atoms with Gasteiger partial charge in [-0.2, -0.15) is 0 Å². The molecule has 0 saturated heterocycles. The van der Waals surface area contributed by atoms with Crippen molar-refractivity contribution in [2.45, 2.75) is 0 Å². The molecule has 2 N–H and O–H groups in total. The normalized spacial score (nSPS) is 10.4. The Morgan fingerprint density at radius 3 is 2.64 bits per heavy atom. The highest BCUT2D eigenvalue weighted by atomic mass is 32.1. The van der Waals surface area contributed by atoms with Crippen molar-refractivity contribution < 1.29 is 0 Å². The predicted octanol–water partition coefficient (Wildman–Crippen LogP) is 0.240. The number of rotatable bonds is 2. The van der Waals surface area contributed by atoms with Crippen LogP contribution >= 0.6 is 12.2 Å². The molecular weight excluding hydrogens is 198 g/mol. The molecule has 0 aromatic carbocycles. The maximum absolute atomic E-state index is 5.53. The standard InChI is InChI=1S/C8H9N5S/c1-12-4-2-11-8(12)13-5-3-10-7(13)6(9)14/h2-5H,1H3,(H2,9,14). The maximum Gasteiger partial charge on any atom is 0.215 e. The van der Waals surface area contributed by atoms with Gasteiger partial charge in [-0.15, -0.1) is 0 Å².